The summed E-state index contributed by atoms with van der Waals surface area (Å²) in [6.07, 6.45) is 2.37. The van der Waals surface area contributed by atoms with Gasteiger partial charge in [-0.2, -0.15) is 4.98 Å². The smallest absolute Gasteiger partial charge is 0.228 e. The molecular formula is C20H29N5O2. The number of nitrogens with zero attached hydrogens (tertiary/aromatic N) is 3. The average molecular weight is 371 g/mol. The summed E-state index contributed by atoms with van der Waals surface area (Å²) in [5, 5.41) is 10.5. The first-order valence-electron chi connectivity index (χ1n) is 9.30. The second-order valence-electron chi connectivity index (χ2n) is 6.28. The highest BCUT2D eigenvalue weighted by Crippen LogP contribution is 2.18. The van der Waals surface area contributed by atoms with Crippen LogP contribution < -0.4 is 15.4 Å². The fourth-order valence-electron chi connectivity index (χ4n) is 2.32. The van der Waals surface area contributed by atoms with Gasteiger partial charge in [0, 0.05) is 31.0 Å². The lowest BCUT2D eigenvalue weighted by Crippen LogP contribution is -2.38. The van der Waals surface area contributed by atoms with Crippen molar-refractivity contribution in [3.63, 3.8) is 0 Å². The van der Waals surface area contributed by atoms with Gasteiger partial charge in [0.2, 0.25) is 5.89 Å². The Morgan fingerprint density at radius 2 is 2.15 bits per heavy atom. The standard InChI is InChI=1S/C20H29N5O2/c1-5-13-26-17-10-8-7-9-16(17)14-23-20(21-6-2)22-12-11-18-24-19(15(3)4)25-27-18/h5,7-10,15H,1,6,11-14H2,2-4H3,(H2,21,22,23). The van der Waals surface area contributed by atoms with Gasteiger partial charge in [0.05, 0.1) is 6.54 Å². The SMILES string of the molecule is C=CCOc1ccccc1CN=C(NCC)NCCc1nc(C(C)C)no1. The van der Waals surface area contributed by atoms with Crippen molar-refractivity contribution in [3.8, 4) is 5.75 Å². The molecule has 0 fully saturated rings. The van der Waals surface area contributed by atoms with Crippen molar-refractivity contribution >= 4 is 5.96 Å². The molecule has 2 aromatic rings. The Balaban J connectivity index is 1.92. The van der Waals surface area contributed by atoms with Crippen LogP contribution >= 0.6 is 0 Å². The van der Waals surface area contributed by atoms with Crippen LogP contribution in [0.25, 0.3) is 0 Å². The highest BCUT2D eigenvalue weighted by molar-refractivity contribution is 5.79. The minimum absolute atomic E-state index is 0.262. The highest BCUT2D eigenvalue weighted by atomic mass is 16.5. The van der Waals surface area contributed by atoms with Crippen molar-refractivity contribution in [2.24, 2.45) is 4.99 Å². The van der Waals surface area contributed by atoms with Gasteiger partial charge in [-0.1, -0.05) is 49.9 Å². The zero-order valence-corrected chi connectivity index (χ0v) is 16.4. The zero-order valence-electron chi connectivity index (χ0n) is 16.4. The fourth-order valence-corrected chi connectivity index (χ4v) is 2.32. The lowest BCUT2D eigenvalue weighted by atomic mass is 10.2. The number of ether oxygens (including phenoxy) is 1. The van der Waals surface area contributed by atoms with Crippen LogP contribution in [0, 0.1) is 0 Å². The maximum absolute atomic E-state index is 5.68. The molecule has 1 heterocycles. The number of guanidine groups is 1. The van der Waals surface area contributed by atoms with Gasteiger partial charge < -0.3 is 19.9 Å². The summed E-state index contributed by atoms with van der Waals surface area (Å²) < 4.78 is 10.9. The third kappa shape index (κ3) is 6.77. The third-order valence-corrected chi connectivity index (χ3v) is 3.71. The van der Waals surface area contributed by atoms with Crippen LogP contribution in [-0.2, 0) is 13.0 Å². The van der Waals surface area contributed by atoms with Crippen LogP contribution in [0.3, 0.4) is 0 Å². The van der Waals surface area contributed by atoms with Crippen LogP contribution in [0.2, 0.25) is 0 Å². The molecule has 0 spiro atoms. The van der Waals surface area contributed by atoms with Gasteiger partial charge in [0.25, 0.3) is 0 Å². The van der Waals surface area contributed by atoms with Crippen molar-refractivity contribution < 1.29 is 9.26 Å². The van der Waals surface area contributed by atoms with E-state index in [0.29, 0.717) is 32.0 Å². The maximum atomic E-state index is 5.68. The highest BCUT2D eigenvalue weighted by Gasteiger charge is 2.09. The minimum Gasteiger partial charge on any atom is -0.489 e. The molecule has 2 N–H and O–H groups in total. The largest absolute Gasteiger partial charge is 0.489 e. The Labute approximate surface area is 160 Å². The molecule has 0 unspecified atom stereocenters. The lowest BCUT2D eigenvalue weighted by molar-refractivity contribution is 0.359. The molecule has 0 atom stereocenters. The number of hydrogen-bond acceptors (Lipinski definition) is 5. The van der Waals surface area contributed by atoms with Gasteiger partial charge in [-0.25, -0.2) is 4.99 Å². The van der Waals surface area contributed by atoms with Crippen LogP contribution in [0.15, 0.2) is 46.4 Å². The summed E-state index contributed by atoms with van der Waals surface area (Å²) in [6.45, 7) is 12.2. The molecule has 0 saturated carbocycles. The molecule has 7 nitrogen and oxygen atoms in total. The van der Waals surface area contributed by atoms with Gasteiger partial charge in [-0.3, -0.25) is 0 Å². The Morgan fingerprint density at radius 3 is 2.85 bits per heavy atom. The molecule has 0 aliphatic carbocycles. The molecule has 0 aliphatic rings. The van der Waals surface area contributed by atoms with Gasteiger partial charge in [0.1, 0.15) is 12.4 Å². The van der Waals surface area contributed by atoms with Crippen LogP contribution in [-0.4, -0.2) is 35.8 Å². The van der Waals surface area contributed by atoms with E-state index in [2.05, 4.69) is 32.3 Å². The van der Waals surface area contributed by atoms with Gasteiger partial charge in [-0.15, -0.1) is 0 Å². The molecular weight excluding hydrogens is 342 g/mol. The summed E-state index contributed by atoms with van der Waals surface area (Å²) in [5.74, 6) is 3.19. The van der Waals surface area contributed by atoms with E-state index in [-0.39, 0.29) is 5.92 Å². The van der Waals surface area contributed by atoms with E-state index in [9.17, 15) is 0 Å². The van der Waals surface area contributed by atoms with Crippen LogP contribution in [0.1, 0.15) is 44.0 Å². The number of aliphatic imine (C=N–C) groups is 1. The molecule has 27 heavy (non-hydrogen) atoms. The topological polar surface area (TPSA) is 84.6 Å². The van der Waals surface area contributed by atoms with E-state index in [1.54, 1.807) is 6.08 Å². The molecule has 0 radical (unpaired) electrons. The second-order valence-corrected chi connectivity index (χ2v) is 6.28. The fraction of sp³-hybridized carbons (Fsp3) is 0.450. The molecule has 1 aromatic heterocycles. The Hall–Kier alpha value is -2.83. The van der Waals surface area contributed by atoms with Crippen molar-refractivity contribution in [2.75, 3.05) is 19.7 Å². The van der Waals surface area contributed by atoms with E-state index in [0.717, 1.165) is 29.6 Å². The number of rotatable bonds is 10. The van der Waals surface area contributed by atoms with Crippen molar-refractivity contribution in [3.05, 3.63) is 54.2 Å². The first-order chi connectivity index (χ1) is 13.1. The van der Waals surface area contributed by atoms with Crippen molar-refractivity contribution in [1.82, 2.24) is 20.8 Å². The average Bonchev–Trinajstić information content (AvgIpc) is 3.14. The Kier molecular flexibility index (Phi) is 8.35. The van der Waals surface area contributed by atoms with Gasteiger partial charge in [0.15, 0.2) is 11.8 Å². The number of nitrogens with one attached hydrogen (secondary N) is 2. The summed E-state index contributed by atoms with van der Waals surface area (Å²) in [7, 11) is 0. The summed E-state index contributed by atoms with van der Waals surface area (Å²) in [6, 6.07) is 7.88. The van der Waals surface area contributed by atoms with E-state index in [1.165, 1.54) is 0 Å². The molecule has 2 rings (SSSR count). The number of hydrogen-bond donors (Lipinski definition) is 2. The van der Waals surface area contributed by atoms with E-state index in [1.807, 2.05) is 45.0 Å². The molecule has 146 valence electrons. The molecule has 1 aromatic carbocycles. The summed E-state index contributed by atoms with van der Waals surface area (Å²) in [4.78, 5) is 9.02. The lowest BCUT2D eigenvalue weighted by Gasteiger charge is -2.12. The molecule has 0 saturated heterocycles. The Morgan fingerprint density at radius 1 is 1.33 bits per heavy atom. The maximum Gasteiger partial charge on any atom is 0.228 e. The van der Waals surface area contributed by atoms with Crippen molar-refractivity contribution in [1.29, 1.82) is 0 Å². The quantitative estimate of drug-likeness (QED) is 0.379. The van der Waals surface area contributed by atoms with Gasteiger partial charge in [-0.05, 0) is 13.0 Å². The monoisotopic (exact) mass is 371 g/mol. The van der Waals surface area contributed by atoms with Gasteiger partial charge >= 0.3 is 0 Å². The molecule has 0 bridgehead atoms. The number of para-hydroxylation sites is 1. The van der Waals surface area contributed by atoms with E-state index in [4.69, 9.17) is 9.26 Å². The van der Waals surface area contributed by atoms with Crippen LogP contribution in [0.4, 0.5) is 0 Å². The first kappa shape index (κ1) is 20.5. The third-order valence-electron chi connectivity index (χ3n) is 3.71. The summed E-state index contributed by atoms with van der Waals surface area (Å²) in [5.41, 5.74) is 1.02. The first-order valence-corrected chi connectivity index (χ1v) is 9.30. The molecule has 0 amide bonds. The minimum atomic E-state index is 0.262. The predicted octanol–water partition coefficient (Wildman–Crippen LogP) is 3.06. The zero-order chi connectivity index (χ0) is 19.5. The molecule has 7 heteroatoms. The second kappa shape index (κ2) is 11.0. The Bertz CT molecular complexity index is 739. The number of benzene rings is 1. The normalized spacial score (nSPS) is 11.5. The van der Waals surface area contributed by atoms with Crippen LogP contribution in [0.5, 0.6) is 5.75 Å². The summed E-state index contributed by atoms with van der Waals surface area (Å²) >= 11 is 0. The van der Waals surface area contributed by atoms with E-state index < -0.39 is 0 Å². The van der Waals surface area contributed by atoms with E-state index >= 15 is 0 Å². The van der Waals surface area contributed by atoms with Crippen molar-refractivity contribution in [2.45, 2.75) is 39.7 Å². The molecule has 0 aliphatic heterocycles. The number of aromatic nitrogens is 2. The predicted molar refractivity (Wildman–Crippen MR) is 107 cm³/mol.